The van der Waals surface area contributed by atoms with Crippen LogP contribution in [0.2, 0.25) is 0 Å². The van der Waals surface area contributed by atoms with E-state index < -0.39 is 0 Å². The third-order valence-electron chi connectivity index (χ3n) is 4.16. The van der Waals surface area contributed by atoms with E-state index in [4.69, 9.17) is 0 Å². The van der Waals surface area contributed by atoms with Crippen LogP contribution in [0.1, 0.15) is 26.2 Å². The smallest absolute Gasteiger partial charge is 0.134 e. The van der Waals surface area contributed by atoms with Crippen molar-refractivity contribution in [3.63, 3.8) is 0 Å². The van der Waals surface area contributed by atoms with Gasteiger partial charge in [-0.25, -0.2) is 9.97 Å². The van der Waals surface area contributed by atoms with Crippen molar-refractivity contribution in [2.75, 3.05) is 29.9 Å². The highest BCUT2D eigenvalue weighted by molar-refractivity contribution is 5.48. The number of anilines is 2. The summed E-state index contributed by atoms with van der Waals surface area (Å²) in [6.45, 7) is 4.73. The van der Waals surface area contributed by atoms with E-state index in [-0.39, 0.29) is 6.10 Å². The molecule has 2 heterocycles. The molecular formula is C14H22N4O. The summed E-state index contributed by atoms with van der Waals surface area (Å²) < 4.78 is 0. The number of nitrogens with zero attached hydrogens (tertiary/aromatic N) is 3. The van der Waals surface area contributed by atoms with E-state index in [1.807, 2.05) is 6.07 Å². The number of aliphatic hydroxyl groups is 1. The maximum absolute atomic E-state index is 9.96. The van der Waals surface area contributed by atoms with Gasteiger partial charge in [-0.15, -0.1) is 0 Å². The average molecular weight is 262 g/mol. The molecule has 1 saturated carbocycles. The zero-order valence-corrected chi connectivity index (χ0v) is 11.4. The molecule has 1 saturated heterocycles. The lowest BCUT2D eigenvalue weighted by molar-refractivity contribution is 0.102. The number of β-amino-alcohol motifs (C(OH)–C–C–N with tert-alkyl or cyclic N) is 1. The number of aliphatic hydroxyl groups excluding tert-OH is 1. The lowest BCUT2D eigenvalue weighted by atomic mass is 9.96. The maximum Gasteiger partial charge on any atom is 0.134 e. The van der Waals surface area contributed by atoms with Gasteiger partial charge in [-0.3, -0.25) is 0 Å². The summed E-state index contributed by atoms with van der Waals surface area (Å²) in [5, 5.41) is 13.3. The molecule has 0 aromatic carbocycles. The standard InChI is InChI=1S/C14H22N4O/c1-10-4-5-18(8-12(10)19)14-6-13(16-9-17-14)15-7-11-2-3-11/h6,9-12,19H,2-5,7-8H2,1H3,(H,15,16,17). The van der Waals surface area contributed by atoms with E-state index >= 15 is 0 Å². The van der Waals surface area contributed by atoms with Gasteiger partial charge in [0.1, 0.15) is 18.0 Å². The van der Waals surface area contributed by atoms with Gasteiger partial charge in [0.05, 0.1) is 6.10 Å². The maximum atomic E-state index is 9.96. The average Bonchev–Trinajstić information content (AvgIpc) is 3.24. The predicted molar refractivity (Wildman–Crippen MR) is 75.2 cm³/mol. The van der Waals surface area contributed by atoms with Crippen molar-refractivity contribution in [3.05, 3.63) is 12.4 Å². The van der Waals surface area contributed by atoms with Gasteiger partial charge in [0, 0.05) is 25.7 Å². The molecule has 3 rings (SSSR count). The second kappa shape index (κ2) is 5.33. The Balaban J connectivity index is 1.64. The van der Waals surface area contributed by atoms with Crippen molar-refractivity contribution in [2.45, 2.75) is 32.3 Å². The van der Waals surface area contributed by atoms with Gasteiger partial charge in [0.2, 0.25) is 0 Å². The second-order valence-electron chi connectivity index (χ2n) is 5.87. The molecule has 1 aliphatic carbocycles. The summed E-state index contributed by atoms with van der Waals surface area (Å²) in [5.74, 6) is 3.02. The Bertz CT molecular complexity index is 435. The van der Waals surface area contributed by atoms with Crippen molar-refractivity contribution < 1.29 is 5.11 Å². The zero-order chi connectivity index (χ0) is 13.2. The Kier molecular flexibility index (Phi) is 3.55. The molecule has 0 radical (unpaired) electrons. The van der Waals surface area contributed by atoms with Crippen LogP contribution in [-0.2, 0) is 0 Å². The minimum atomic E-state index is -0.258. The molecule has 0 spiro atoms. The van der Waals surface area contributed by atoms with Gasteiger partial charge >= 0.3 is 0 Å². The molecule has 0 amide bonds. The Hall–Kier alpha value is -1.36. The molecule has 2 unspecified atom stereocenters. The van der Waals surface area contributed by atoms with E-state index in [1.54, 1.807) is 6.33 Å². The molecule has 1 aliphatic heterocycles. The zero-order valence-electron chi connectivity index (χ0n) is 11.4. The minimum Gasteiger partial charge on any atom is -0.391 e. The third-order valence-corrected chi connectivity index (χ3v) is 4.16. The van der Waals surface area contributed by atoms with E-state index in [0.29, 0.717) is 12.5 Å². The number of nitrogens with one attached hydrogen (secondary N) is 1. The van der Waals surface area contributed by atoms with Crippen molar-refractivity contribution in [1.82, 2.24) is 9.97 Å². The topological polar surface area (TPSA) is 61.3 Å². The highest BCUT2D eigenvalue weighted by Crippen LogP contribution is 2.29. The number of aromatic nitrogens is 2. The monoisotopic (exact) mass is 262 g/mol. The molecule has 5 heteroatoms. The van der Waals surface area contributed by atoms with E-state index in [9.17, 15) is 5.11 Å². The fourth-order valence-corrected chi connectivity index (χ4v) is 2.44. The summed E-state index contributed by atoms with van der Waals surface area (Å²) in [6.07, 6.45) is 5.03. The lowest BCUT2D eigenvalue weighted by Crippen LogP contribution is -2.43. The SMILES string of the molecule is CC1CCN(c2cc(NCC3CC3)ncn2)CC1O. The number of rotatable bonds is 4. The van der Waals surface area contributed by atoms with Crippen molar-refractivity contribution >= 4 is 11.6 Å². The summed E-state index contributed by atoms with van der Waals surface area (Å²) in [6, 6.07) is 1.99. The van der Waals surface area contributed by atoms with Crippen LogP contribution in [0.25, 0.3) is 0 Å². The molecule has 1 aromatic rings. The van der Waals surface area contributed by atoms with Gasteiger partial charge in [-0.05, 0) is 31.1 Å². The quantitative estimate of drug-likeness (QED) is 0.861. The second-order valence-corrected chi connectivity index (χ2v) is 5.87. The summed E-state index contributed by atoms with van der Waals surface area (Å²) in [7, 11) is 0. The fourth-order valence-electron chi connectivity index (χ4n) is 2.44. The Morgan fingerprint density at radius 1 is 1.37 bits per heavy atom. The first-order valence-electron chi connectivity index (χ1n) is 7.21. The van der Waals surface area contributed by atoms with Gasteiger partial charge in [0.25, 0.3) is 0 Å². The minimum absolute atomic E-state index is 0.258. The lowest BCUT2D eigenvalue weighted by Gasteiger charge is -2.35. The molecule has 1 aromatic heterocycles. The Morgan fingerprint density at radius 3 is 2.95 bits per heavy atom. The number of hydrogen-bond donors (Lipinski definition) is 2. The third kappa shape index (κ3) is 3.15. The van der Waals surface area contributed by atoms with Crippen LogP contribution in [-0.4, -0.2) is 40.8 Å². The summed E-state index contributed by atoms with van der Waals surface area (Å²) in [5.41, 5.74) is 0. The van der Waals surface area contributed by atoms with Crippen molar-refractivity contribution in [3.8, 4) is 0 Å². The Labute approximate surface area is 114 Å². The highest BCUT2D eigenvalue weighted by Gasteiger charge is 2.25. The molecule has 2 fully saturated rings. The van der Waals surface area contributed by atoms with Crippen molar-refractivity contribution in [2.24, 2.45) is 11.8 Å². The summed E-state index contributed by atoms with van der Waals surface area (Å²) in [4.78, 5) is 10.7. The predicted octanol–water partition coefficient (Wildman–Crippen LogP) is 1.51. The fraction of sp³-hybridized carbons (Fsp3) is 0.714. The molecule has 104 valence electrons. The van der Waals surface area contributed by atoms with Crippen LogP contribution < -0.4 is 10.2 Å². The molecule has 2 atom stereocenters. The van der Waals surface area contributed by atoms with Gasteiger partial charge in [-0.2, -0.15) is 0 Å². The molecular weight excluding hydrogens is 240 g/mol. The first-order chi connectivity index (χ1) is 9.22. The van der Waals surface area contributed by atoms with Gasteiger partial charge in [-0.1, -0.05) is 6.92 Å². The molecule has 2 N–H and O–H groups in total. The number of hydrogen-bond acceptors (Lipinski definition) is 5. The Morgan fingerprint density at radius 2 is 2.21 bits per heavy atom. The highest BCUT2D eigenvalue weighted by atomic mass is 16.3. The van der Waals surface area contributed by atoms with Crippen LogP contribution in [0.4, 0.5) is 11.6 Å². The van der Waals surface area contributed by atoms with Crippen LogP contribution >= 0.6 is 0 Å². The normalized spacial score (nSPS) is 27.4. The van der Waals surface area contributed by atoms with E-state index in [2.05, 4.69) is 27.1 Å². The van der Waals surface area contributed by atoms with Crippen LogP contribution in [0.3, 0.4) is 0 Å². The summed E-state index contributed by atoms with van der Waals surface area (Å²) >= 11 is 0. The molecule has 2 aliphatic rings. The van der Waals surface area contributed by atoms with Gasteiger partial charge in [0.15, 0.2) is 0 Å². The van der Waals surface area contributed by atoms with E-state index in [0.717, 1.165) is 37.1 Å². The van der Waals surface area contributed by atoms with Crippen LogP contribution in [0, 0.1) is 11.8 Å². The first-order valence-corrected chi connectivity index (χ1v) is 7.21. The molecule has 19 heavy (non-hydrogen) atoms. The molecule has 0 bridgehead atoms. The van der Waals surface area contributed by atoms with Crippen molar-refractivity contribution in [1.29, 1.82) is 0 Å². The van der Waals surface area contributed by atoms with Crippen LogP contribution in [0.5, 0.6) is 0 Å². The largest absolute Gasteiger partial charge is 0.391 e. The van der Waals surface area contributed by atoms with E-state index in [1.165, 1.54) is 12.8 Å². The first kappa shape index (κ1) is 12.7. The van der Waals surface area contributed by atoms with Gasteiger partial charge < -0.3 is 15.3 Å². The molecule has 5 nitrogen and oxygen atoms in total. The van der Waals surface area contributed by atoms with Crippen LogP contribution in [0.15, 0.2) is 12.4 Å². The number of piperidine rings is 1.